The molecule has 0 bridgehead atoms. The van der Waals surface area contributed by atoms with Gasteiger partial charge in [-0.2, -0.15) is 0 Å². The number of piperidine rings is 1. The Morgan fingerprint density at radius 1 is 1.21 bits per heavy atom. The molecule has 2 aromatic rings. The van der Waals surface area contributed by atoms with E-state index >= 15 is 0 Å². The van der Waals surface area contributed by atoms with Crippen molar-refractivity contribution >= 4 is 21.9 Å². The summed E-state index contributed by atoms with van der Waals surface area (Å²) in [6, 6.07) is 0. The van der Waals surface area contributed by atoms with Gasteiger partial charge in [0.1, 0.15) is 0 Å². The SMILES string of the molecule is C=C(C)c1csc2nc(C(C)(C)N3CCC4(CCCC4)CC3)cn12. The molecule has 2 aromatic heterocycles. The van der Waals surface area contributed by atoms with E-state index in [0.717, 1.165) is 10.5 Å². The van der Waals surface area contributed by atoms with Crippen molar-refractivity contribution in [1.29, 1.82) is 0 Å². The highest BCUT2D eigenvalue weighted by Crippen LogP contribution is 2.47. The molecule has 1 aliphatic carbocycles. The van der Waals surface area contributed by atoms with Crippen LogP contribution >= 0.6 is 11.3 Å². The molecule has 2 aliphatic rings. The van der Waals surface area contributed by atoms with E-state index in [-0.39, 0.29) is 5.54 Å². The van der Waals surface area contributed by atoms with Crippen LogP contribution in [0.5, 0.6) is 0 Å². The van der Waals surface area contributed by atoms with Gasteiger partial charge in [-0.15, -0.1) is 11.3 Å². The Bertz CT molecular complexity index is 751. The zero-order valence-corrected chi connectivity index (χ0v) is 16.1. The van der Waals surface area contributed by atoms with Gasteiger partial charge in [0, 0.05) is 11.6 Å². The van der Waals surface area contributed by atoms with Crippen LogP contribution in [0, 0.1) is 5.41 Å². The fraction of sp³-hybridized carbons (Fsp3) is 0.650. The van der Waals surface area contributed by atoms with Gasteiger partial charge < -0.3 is 0 Å². The van der Waals surface area contributed by atoms with Crippen molar-refractivity contribution < 1.29 is 0 Å². The molecule has 0 atom stereocenters. The standard InChI is InChI=1S/C20H29N3S/c1-15(2)16-14-24-18-21-17(13-23(16)18)19(3,4)22-11-9-20(10-12-22)7-5-6-8-20/h13-14H,1,5-12H2,2-4H3. The first-order valence-electron chi connectivity index (χ1n) is 9.29. The minimum Gasteiger partial charge on any atom is -0.293 e. The third kappa shape index (κ3) is 2.55. The monoisotopic (exact) mass is 343 g/mol. The Morgan fingerprint density at radius 2 is 1.88 bits per heavy atom. The second kappa shape index (κ2) is 5.70. The highest BCUT2D eigenvalue weighted by Gasteiger charge is 2.41. The molecule has 1 aliphatic heterocycles. The van der Waals surface area contributed by atoms with E-state index in [1.807, 2.05) is 0 Å². The molecule has 1 saturated carbocycles. The number of allylic oxidation sites excluding steroid dienone is 1. The van der Waals surface area contributed by atoms with Gasteiger partial charge in [-0.25, -0.2) is 4.98 Å². The van der Waals surface area contributed by atoms with Crippen LogP contribution in [0.25, 0.3) is 10.5 Å². The average Bonchev–Trinajstić information content (AvgIpc) is 3.22. The summed E-state index contributed by atoms with van der Waals surface area (Å²) in [6.45, 7) is 13.3. The number of rotatable bonds is 3. The second-order valence-electron chi connectivity index (χ2n) is 8.43. The molecule has 4 heteroatoms. The van der Waals surface area contributed by atoms with Crippen molar-refractivity contribution in [3.63, 3.8) is 0 Å². The van der Waals surface area contributed by atoms with Crippen molar-refractivity contribution in [3.05, 3.63) is 29.5 Å². The van der Waals surface area contributed by atoms with Crippen LogP contribution in [-0.4, -0.2) is 27.4 Å². The van der Waals surface area contributed by atoms with E-state index in [1.165, 1.54) is 63.0 Å². The Hall–Kier alpha value is -1.13. The Morgan fingerprint density at radius 3 is 2.50 bits per heavy atom. The maximum Gasteiger partial charge on any atom is 0.194 e. The minimum absolute atomic E-state index is 0.00169. The summed E-state index contributed by atoms with van der Waals surface area (Å²) in [5.74, 6) is 0. The van der Waals surface area contributed by atoms with Crippen LogP contribution in [-0.2, 0) is 5.54 Å². The third-order valence-corrected chi connectivity index (χ3v) is 7.39. The number of nitrogens with zero attached hydrogens (tertiary/aromatic N) is 3. The molecule has 3 nitrogen and oxygen atoms in total. The molecule has 0 unspecified atom stereocenters. The van der Waals surface area contributed by atoms with Gasteiger partial charge >= 0.3 is 0 Å². The van der Waals surface area contributed by atoms with Gasteiger partial charge in [0.05, 0.1) is 16.9 Å². The molecule has 0 aromatic carbocycles. The predicted octanol–water partition coefficient (Wildman–Crippen LogP) is 5.32. The van der Waals surface area contributed by atoms with E-state index in [4.69, 9.17) is 4.98 Å². The van der Waals surface area contributed by atoms with Gasteiger partial charge in [0.2, 0.25) is 0 Å². The highest BCUT2D eigenvalue weighted by molar-refractivity contribution is 7.15. The first-order valence-corrected chi connectivity index (χ1v) is 10.2. The number of fused-ring (bicyclic) bond motifs is 1. The Labute approximate surface area is 149 Å². The molecule has 0 amide bonds. The van der Waals surface area contributed by atoms with E-state index in [0.29, 0.717) is 5.41 Å². The van der Waals surface area contributed by atoms with Gasteiger partial charge in [-0.05, 0) is 70.5 Å². The number of hydrogen-bond acceptors (Lipinski definition) is 3. The third-order valence-electron chi connectivity index (χ3n) is 6.55. The van der Waals surface area contributed by atoms with Crippen LogP contribution in [0.3, 0.4) is 0 Å². The summed E-state index contributed by atoms with van der Waals surface area (Å²) in [5, 5.41) is 2.16. The van der Waals surface area contributed by atoms with Crippen LogP contribution in [0.15, 0.2) is 18.2 Å². The summed E-state index contributed by atoms with van der Waals surface area (Å²) < 4.78 is 2.21. The zero-order chi connectivity index (χ0) is 16.9. The molecular formula is C20H29N3S. The van der Waals surface area contributed by atoms with Gasteiger partial charge in [0.25, 0.3) is 0 Å². The summed E-state index contributed by atoms with van der Waals surface area (Å²) in [5.41, 5.74) is 4.16. The van der Waals surface area contributed by atoms with Crippen molar-refractivity contribution in [1.82, 2.24) is 14.3 Å². The predicted molar refractivity (Wildman–Crippen MR) is 103 cm³/mol. The minimum atomic E-state index is -0.00169. The topological polar surface area (TPSA) is 20.5 Å². The first kappa shape index (κ1) is 16.3. The summed E-state index contributed by atoms with van der Waals surface area (Å²) in [4.78, 5) is 8.69. The molecule has 2 fully saturated rings. The number of aromatic nitrogens is 2. The average molecular weight is 344 g/mol. The summed E-state index contributed by atoms with van der Waals surface area (Å²) in [6.07, 6.45) is 10.8. The second-order valence-corrected chi connectivity index (χ2v) is 9.27. The first-order chi connectivity index (χ1) is 11.4. The van der Waals surface area contributed by atoms with E-state index in [1.54, 1.807) is 11.3 Å². The van der Waals surface area contributed by atoms with Gasteiger partial charge in [-0.3, -0.25) is 9.30 Å². The molecule has 0 radical (unpaired) electrons. The fourth-order valence-corrected chi connectivity index (χ4v) is 5.66. The zero-order valence-electron chi connectivity index (χ0n) is 15.3. The number of hydrogen-bond donors (Lipinski definition) is 0. The van der Waals surface area contributed by atoms with Crippen LogP contribution < -0.4 is 0 Å². The maximum absolute atomic E-state index is 4.95. The van der Waals surface area contributed by atoms with E-state index in [9.17, 15) is 0 Å². The molecule has 1 spiro atoms. The Balaban J connectivity index is 1.57. The van der Waals surface area contributed by atoms with Crippen molar-refractivity contribution in [2.75, 3.05) is 13.1 Å². The molecule has 4 rings (SSSR count). The van der Waals surface area contributed by atoms with Crippen LogP contribution in [0.2, 0.25) is 0 Å². The molecule has 3 heterocycles. The lowest BCUT2D eigenvalue weighted by Crippen LogP contribution is -2.48. The number of likely N-dealkylation sites (tertiary alicyclic amines) is 1. The number of thiazole rings is 1. The normalized spacial score (nSPS) is 21.8. The largest absolute Gasteiger partial charge is 0.293 e. The molecule has 130 valence electrons. The van der Waals surface area contributed by atoms with Crippen LogP contribution in [0.1, 0.15) is 70.7 Å². The highest BCUT2D eigenvalue weighted by atomic mass is 32.1. The smallest absolute Gasteiger partial charge is 0.194 e. The van der Waals surface area contributed by atoms with Crippen molar-refractivity contribution in [3.8, 4) is 0 Å². The van der Waals surface area contributed by atoms with Gasteiger partial charge in [-0.1, -0.05) is 19.4 Å². The lowest BCUT2D eigenvalue weighted by molar-refractivity contribution is 0.0327. The maximum atomic E-state index is 4.95. The molecule has 24 heavy (non-hydrogen) atoms. The Kier molecular flexibility index (Phi) is 3.88. The molecule has 0 N–H and O–H groups in total. The fourth-order valence-electron chi connectivity index (χ4n) is 4.71. The van der Waals surface area contributed by atoms with Gasteiger partial charge in [0.15, 0.2) is 4.96 Å². The van der Waals surface area contributed by atoms with Crippen molar-refractivity contribution in [2.45, 2.75) is 64.8 Å². The molecule has 1 saturated heterocycles. The van der Waals surface area contributed by atoms with Crippen molar-refractivity contribution in [2.24, 2.45) is 5.41 Å². The number of imidazole rings is 1. The summed E-state index contributed by atoms with van der Waals surface area (Å²) in [7, 11) is 0. The molecular weight excluding hydrogens is 314 g/mol. The lowest BCUT2D eigenvalue weighted by Gasteiger charge is -2.46. The summed E-state index contributed by atoms with van der Waals surface area (Å²) >= 11 is 1.71. The van der Waals surface area contributed by atoms with Crippen LogP contribution in [0.4, 0.5) is 0 Å². The lowest BCUT2D eigenvalue weighted by atomic mass is 9.76. The van der Waals surface area contributed by atoms with E-state index < -0.39 is 0 Å². The van der Waals surface area contributed by atoms with E-state index in [2.05, 4.69) is 48.2 Å². The quantitative estimate of drug-likeness (QED) is 0.752.